The predicted molar refractivity (Wildman–Crippen MR) is 98.4 cm³/mol. The first kappa shape index (κ1) is 17.6. The Labute approximate surface area is 153 Å². The molecule has 0 saturated carbocycles. The standard InChI is InChI=1S/C20H22ClNO3/c1-14-4-7-16(8-5-14)24-11-2-3-20(23)22-18-10-12-25-19-9-6-15(21)13-17(18)19/h4-9,13,18H,2-3,10-12H2,1H3,(H,22,23). The number of ether oxygens (including phenoxy) is 2. The molecule has 0 radical (unpaired) electrons. The topological polar surface area (TPSA) is 47.6 Å². The molecule has 3 rings (SSSR count). The fourth-order valence-electron chi connectivity index (χ4n) is 2.84. The number of hydrogen-bond donors (Lipinski definition) is 1. The molecule has 1 aliphatic heterocycles. The van der Waals surface area contributed by atoms with Gasteiger partial charge in [-0.3, -0.25) is 4.79 Å². The molecule has 1 unspecified atom stereocenters. The van der Waals surface area contributed by atoms with E-state index in [2.05, 4.69) is 5.32 Å². The molecule has 1 atom stereocenters. The van der Waals surface area contributed by atoms with Crippen molar-refractivity contribution in [3.05, 3.63) is 58.6 Å². The molecule has 0 saturated heterocycles. The molecule has 0 aliphatic carbocycles. The van der Waals surface area contributed by atoms with Crippen LogP contribution in [0.4, 0.5) is 0 Å². The van der Waals surface area contributed by atoms with E-state index in [1.165, 1.54) is 5.56 Å². The highest BCUT2D eigenvalue weighted by molar-refractivity contribution is 6.30. The summed E-state index contributed by atoms with van der Waals surface area (Å²) in [6.07, 6.45) is 1.85. The molecule has 1 amide bonds. The molecule has 0 spiro atoms. The number of fused-ring (bicyclic) bond motifs is 1. The molecule has 0 aromatic heterocycles. The Morgan fingerprint density at radius 2 is 2.08 bits per heavy atom. The van der Waals surface area contributed by atoms with Gasteiger partial charge in [-0.1, -0.05) is 29.3 Å². The van der Waals surface area contributed by atoms with Crippen LogP contribution in [0.1, 0.15) is 36.4 Å². The fourth-order valence-corrected chi connectivity index (χ4v) is 3.02. The first-order valence-electron chi connectivity index (χ1n) is 8.53. The van der Waals surface area contributed by atoms with Crippen LogP contribution in [0.25, 0.3) is 0 Å². The Bertz CT molecular complexity index is 730. The zero-order chi connectivity index (χ0) is 17.6. The van der Waals surface area contributed by atoms with Crippen LogP contribution < -0.4 is 14.8 Å². The molecule has 1 N–H and O–H groups in total. The summed E-state index contributed by atoms with van der Waals surface area (Å²) in [6, 6.07) is 13.4. The van der Waals surface area contributed by atoms with E-state index in [0.29, 0.717) is 31.1 Å². The highest BCUT2D eigenvalue weighted by atomic mass is 35.5. The lowest BCUT2D eigenvalue weighted by Crippen LogP contribution is -2.32. The smallest absolute Gasteiger partial charge is 0.220 e. The van der Waals surface area contributed by atoms with E-state index in [0.717, 1.165) is 23.5 Å². The fraction of sp³-hybridized carbons (Fsp3) is 0.350. The third kappa shape index (κ3) is 4.89. The molecule has 4 nitrogen and oxygen atoms in total. The monoisotopic (exact) mass is 359 g/mol. The van der Waals surface area contributed by atoms with Crippen molar-refractivity contribution in [3.8, 4) is 11.5 Å². The van der Waals surface area contributed by atoms with Crippen LogP contribution in [0.2, 0.25) is 5.02 Å². The zero-order valence-electron chi connectivity index (χ0n) is 14.3. The molecule has 0 fully saturated rings. The Hall–Kier alpha value is -2.20. The van der Waals surface area contributed by atoms with Crippen LogP contribution >= 0.6 is 11.6 Å². The van der Waals surface area contributed by atoms with E-state index in [1.807, 2.05) is 43.3 Å². The van der Waals surface area contributed by atoms with Gasteiger partial charge in [-0.05, 0) is 43.7 Å². The van der Waals surface area contributed by atoms with Crippen LogP contribution in [0.5, 0.6) is 11.5 Å². The van der Waals surface area contributed by atoms with Crippen molar-refractivity contribution >= 4 is 17.5 Å². The van der Waals surface area contributed by atoms with Gasteiger partial charge in [0.2, 0.25) is 5.91 Å². The lowest BCUT2D eigenvalue weighted by atomic mass is 10.0. The molecule has 0 bridgehead atoms. The lowest BCUT2D eigenvalue weighted by molar-refractivity contribution is -0.122. The number of amides is 1. The normalized spacial score (nSPS) is 15.8. The molecular formula is C20H22ClNO3. The van der Waals surface area contributed by atoms with Crippen molar-refractivity contribution < 1.29 is 14.3 Å². The largest absolute Gasteiger partial charge is 0.494 e. The number of hydrogen-bond acceptors (Lipinski definition) is 3. The molecule has 2 aromatic rings. The highest BCUT2D eigenvalue weighted by Gasteiger charge is 2.23. The zero-order valence-corrected chi connectivity index (χ0v) is 15.0. The average molecular weight is 360 g/mol. The van der Waals surface area contributed by atoms with Crippen LogP contribution in [0.15, 0.2) is 42.5 Å². The van der Waals surface area contributed by atoms with Crippen LogP contribution in [-0.4, -0.2) is 19.1 Å². The molecule has 1 aliphatic rings. The van der Waals surface area contributed by atoms with Gasteiger partial charge in [-0.15, -0.1) is 0 Å². The van der Waals surface area contributed by atoms with Crippen LogP contribution in [0.3, 0.4) is 0 Å². The summed E-state index contributed by atoms with van der Waals surface area (Å²) in [6.45, 7) is 3.15. The first-order valence-corrected chi connectivity index (χ1v) is 8.91. The van der Waals surface area contributed by atoms with Crippen molar-refractivity contribution in [1.82, 2.24) is 5.32 Å². The predicted octanol–water partition coefficient (Wildman–Crippen LogP) is 4.45. The van der Waals surface area contributed by atoms with Gasteiger partial charge < -0.3 is 14.8 Å². The van der Waals surface area contributed by atoms with E-state index in [9.17, 15) is 4.79 Å². The summed E-state index contributed by atoms with van der Waals surface area (Å²) in [7, 11) is 0. The summed E-state index contributed by atoms with van der Waals surface area (Å²) in [5, 5.41) is 3.72. The third-order valence-electron chi connectivity index (χ3n) is 4.18. The number of nitrogens with one attached hydrogen (secondary N) is 1. The first-order chi connectivity index (χ1) is 12.1. The van der Waals surface area contributed by atoms with Gasteiger partial charge in [0.05, 0.1) is 19.3 Å². The number of halogens is 1. The Morgan fingerprint density at radius 1 is 1.28 bits per heavy atom. The Morgan fingerprint density at radius 3 is 2.88 bits per heavy atom. The van der Waals surface area contributed by atoms with Gasteiger partial charge in [0.1, 0.15) is 11.5 Å². The lowest BCUT2D eigenvalue weighted by Gasteiger charge is -2.27. The second kappa shape index (κ2) is 8.26. The van der Waals surface area contributed by atoms with Gasteiger partial charge in [0, 0.05) is 23.4 Å². The number of rotatable bonds is 6. The molecule has 5 heteroatoms. The maximum atomic E-state index is 12.2. The average Bonchev–Trinajstić information content (AvgIpc) is 2.61. The summed E-state index contributed by atoms with van der Waals surface area (Å²) >= 11 is 6.06. The van der Waals surface area contributed by atoms with E-state index >= 15 is 0 Å². The quantitative estimate of drug-likeness (QED) is 0.775. The van der Waals surface area contributed by atoms with Gasteiger partial charge in [0.25, 0.3) is 0 Å². The maximum absolute atomic E-state index is 12.2. The number of benzene rings is 2. The van der Waals surface area contributed by atoms with Crippen LogP contribution in [0, 0.1) is 6.92 Å². The minimum atomic E-state index is -0.0482. The SMILES string of the molecule is Cc1ccc(OCCCC(=O)NC2CCOc3ccc(Cl)cc32)cc1. The van der Waals surface area contributed by atoms with E-state index in [1.54, 1.807) is 6.07 Å². The van der Waals surface area contributed by atoms with Crippen molar-refractivity contribution in [2.75, 3.05) is 13.2 Å². The number of carbonyl (C=O) groups excluding carboxylic acids is 1. The van der Waals surface area contributed by atoms with Gasteiger partial charge >= 0.3 is 0 Å². The molecule has 132 valence electrons. The van der Waals surface area contributed by atoms with Gasteiger partial charge in [-0.2, -0.15) is 0 Å². The highest BCUT2D eigenvalue weighted by Crippen LogP contribution is 2.34. The molecule has 2 aromatic carbocycles. The third-order valence-corrected chi connectivity index (χ3v) is 4.42. The van der Waals surface area contributed by atoms with Crippen molar-refractivity contribution in [2.24, 2.45) is 0 Å². The van der Waals surface area contributed by atoms with Crippen molar-refractivity contribution in [3.63, 3.8) is 0 Å². The second-order valence-electron chi connectivity index (χ2n) is 6.20. The number of aryl methyl sites for hydroxylation is 1. The minimum absolute atomic E-state index is 0.0188. The van der Waals surface area contributed by atoms with Gasteiger partial charge in [0.15, 0.2) is 0 Å². The van der Waals surface area contributed by atoms with Gasteiger partial charge in [-0.25, -0.2) is 0 Å². The summed E-state index contributed by atoms with van der Waals surface area (Å²) in [5.74, 6) is 1.65. The molecule has 1 heterocycles. The van der Waals surface area contributed by atoms with Crippen molar-refractivity contribution in [1.29, 1.82) is 0 Å². The van der Waals surface area contributed by atoms with E-state index in [-0.39, 0.29) is 11.9 Å². The summed E-state index contributed by atoms with van der Waals surface area (Å²) in [5.41, 5.74) is 2.14. The molecular weight excluding hydrogens is 338 g/mol. The Kier molecular flexibility index (Phi) is 5.82. The van der Waals surface area contributed by atoms with E-state index in [4.69, 9.17) is 21.1 Å². The second-order valence-corrected chi connectivity index (χ2v) is 6.64. The number of carbonyl (C=O) groups is 1. The Balaban J connectivity index is 1.45. The van der Waals surface area contributed by atoms with Crippen molar-refractivity contribution in [2.45, 2.75) is 32.2 Å². The molecule has 25 heavy (non-hydrogen) atoms. The van der Waals surface area contributed by atoms with Crippen LogP contribution in [-0.2, 0) is 4.79 Å². The summed E-state index contributed by atoms with van der Waals surface area (Å²) in [4.78, 5) is 12.2. The maximum Gasteiger partial charge on any atom is 0.220 e. The van der Waals surface area contributed by atoms with E-state index < -0.39 is 0 Å². The summed E-state index contributed by atoms with van der Waals surface area (Å²) < 4.78 is 11.3. The minimum Gasteiger partial charge on any atom is -0.494 e.